The highest BCUT2D eigenvalue weighted by molar-refractivity contribution is 5.95. The van der Waals surface area contributed by atoms with Crippen molar-refractivity contribution >= 4 is 33.3 Å². The summed E-state index contributed by atoms with van der Waals surface area (Å²) in [6, 6.07) is 11.2. The molecule has 1 N–H and O–H groups in total. The van der Waals surface area contributed by atoms with Crippen molar-refractivity contribution in [3.63, 3.8) is 0 Å². The zero-order chi connectivity index (χ0) is 23.2. The van der Waals surface area contributed by atoms with E-state index in [1.807, 2.05) is 10.7 Å². The van der Waals surface area contributed by atoms with Crippen LogP contribution in [-0.2, 0) is 4.74 Å². The van der Waals surface area contributed by atoms with Gasteiger partial charge in [-0.05, 0) is 62.3 Å². The average molecular weight is 461 g/mol. The molecule has 34 heavy (non-hydrogen) atoms. The fourth-order valence-corrected chi connectivity index (χ4v) is 5.13. The van der Waals surface area contributed by atoms with Crippen LogP contribution in [0.4, 0.5) is 11.4 Å². The number of aromatic amines is 1. The molecule has 0 aliphatic carbocycles. The van der Waals surface area contributed by atoms with Crippen LogP contribution < -0.4 is 4.90 Å². The molecule has 9 heteroatoms. The Labute approximate surface area is 196 Å². The molecule has 2 aromatic carbocycles. The van der Waals surface area contributed by atoms with Crippen LogP contribution in [0.25, 0.3) is 33.5 Å². The number of H-pyrrole nitrogens is 1. The minimum absolute atomic E-state index is 0.0376. The van der Waals surface area contributed by atoms with Crippen molar-refractivity contribution in [2.45, 2.75) is 45.3 Å². The third-order valence-electron chi connectivity index (χ3n) is 7.17. The summed E-state index contributed by atoms with van der Waals surface area (Å²) in [4.78, 5) is 21.8. The van der Waals surface area contributed by atoms with Crippen LogP contribution in [0, 0.1) is 16.0 Å². The summed E-state index contributed by atoms with van der Waals surface area (Å²) < 4.78 is 7.84. The maximum atomic E-state index is 11.5. The minimum atomic E-state index is -0.373. The van der Waals surface area contributed by atoms with E-state index in [4.69, 9.17) is 14.8 Å². The summed E-state index contributed by atoms with van der Waals surface area (Å²) in [6.07, 6.45) is 5.21. The van der Waals surface area contributed by atoms with Gasteiger partial charge in [-0.25, -0.2) is 9.67 Å². The summed E-state index contributed by atoms with van der Waals surface area (Å²) >= 11 is 0. The minimum Gasteiger partial charge on any atom is -0.371 e. The number of nitrogens with one attached hydrogen (secondary N) is 1. The third kappa shape index (κ3) is 3.69. The van der Waals surface area contributed by atoms with Crippen molar-refractivity contribution in [2.24, 2.45) is 5.92 Å². The van der Waals surface area contributed by atoms with Gasteiger partial charge in [0.05, 0.1) is 21.5 Å². The van der Waals surface area contributed by atoms with E-state index in [0.29, 0.717) is 23.5 Å². The summed E-state index contributed by atoms with van der Waals surface area (Å²) in [7, 11) is 0. The number of nitro benzene ring substituents is 1. The number of imidazole rings is 1. The van der Waals surface area contributed by atoms with Gasteiger partial charge < -0.3 is 14.6 Å². The van der Waals surface area contributed by atoms with E-state index in [1.165, 1.54) is 24.6 Å². The normalized spacial score (nSPS) is 19.8. The molecule has 6 rings (SSSR count). The SMILES string of the molecule is CC1CCN(c2ccc3nc(-c4nn(C5CCCCO5)c5ccc([N+](=O)[O-])cc45)[nH]c3c2)CC1. The first-order valence-electron chi connectivity index (χ1n) is 12.1. The molecular formula is C25H28N6O3. The molecule has 176 valence electrons. The number of hydrogen-bond acceptors (Lipinski definition) is 6. The largest absolute Gasteiger partial charge is 0.371 e. The third-order valence-corrected chi connectivity index (χ3v) is 7.17. The van der Waals surface area contributed by atoms with E-state index in [2.05, 4.69) is 28.9 Å². The molecule has 2 saturated heterocycles. The van der Waals surface area contributed by atoms with E-state index in [1.54, 1.807) is 12.1 Å². The Balaban J connectivity index is 1.43. The van der Waals surface area contributed by atoms with Gasteiger partial charge in [-0.1, -0.05) is 6.92 Å². The number of anilines is 1. The summed E-state index contributed by atoms with van der Waals surface area (Å²) in [5.41, 5.74) is 4.44. The summed E-state index contributed by atoms with van der Waals surface area (Å²) in [5, 5.41) is 17.0. The van der Waals surface area contributed by atoms with Crippen LogP contribution in [0.3, 0.4) is 0 Å². The Hall–Kier alpha value is -3.46. The lowest BCUT2D eigenvalue weighted by Crippen LogP contribution is -2.32. The molecule has 2 aromatic heterocycles. The van der Waals surface area contributed by atoms with Gasteiger partial charge in [0.2, 0.25) is 0 Å². The Bertz CT molecular complexity index is 1360. The molecule has 1 unspecified atom stereocenters. The van der Waals surface area contributed by atoms with Crippen LogP contribution in [0.15, 0.2) is 36.4 Å². The highest BCUT2D eigenvalue weighted by atomic mass is 16.6. The first kappa shape index (κ1) is 21.1. The molecule has 2 aliphatic heterocycles. The lowest BCUT2D eigenvalue weighted by Gasteiger charge is -2.32. The number of hydrogen-bond donors (Lipinski definition) is 1. The number of benzene rings is 2. The van der Waals surface area contributed by atoms with Gasteiger partial charge in [-0.3, -0.25) is 10.1 Å². The Kier molecular flexibility index (Phi) is 5.21. The second-order valence-corrected chi connectivity index (χ2v) is 9.53. The molecular weight excluding hydrogens is 432 g/mol. The van der Waals surface area contributed by atoms with Gasteiger partial charge in [0.15, 0.2) is 12.1 Å². The van der Waals surface area contributed by atoms with Crippen LogP contribution >= 0.6 is 0 Å². The fraction of sp³-hybridized carbons (Fsp3) is 0.440. The predicted octanol–water partition coefficient (Wildman–Crippen LogP) is 5.42. The standard InChI is InChI=1S/C25H28N6O3/c1-16-9-11-29(12-10-16)17-5-7-20-21(15-17)27-25(26-20)24-19-14-18(31(32)33)6-8-22(19)30(28-24)23-4-2-3-13-34-23/h5-8,14-16,23H,2-4,9-13H2,1H3,(H,26,27). The van der Waals surface area contributed by atoms with Gasteiger partial charge in [-0.15, -0.1) is 0 Å². The molecule has 1 atom stereocenters. The van der Waals surface area contributed by atoms with Gasteiger partial charge >= 0.3 is 0 Å². The average Bonchev–Trinajstić information content (AvgIpc) is 3.45. The van der Waals surface area contributed by atoms with Crippen LogP contribution in [0.2, 0.25) is 0 Å². The lowest BCUT2D eigenvalue weighted by molar-refractivity contribution is -0.384. The first-order chi connectivity index (χ1) is 16.6. The van der Waals surface area contributed by atoms with Crippen LogP contribution in [-0.4, -0.2) is 44.4 Å². The number of ether oxygens (including phenoxy) is 1. The number of nitro groups is 1. The number of non-ortho nitro benzene ring substituents is 1. The van der Waals surface area contributed by atoms with Crippen molar-refractivity contribution in [1.82, 2.24) is 19.7 Å². The highest BCUT2D eigenvalue weighted by Gasteiger charge is 2.25. The maximum absolute atomic E-state index is 11.5. The molecule has 0 spiro atoms. The van der Waals surface area contributed by atoms with Crippen molar-refractivity contribution in [1.29, 1.82) is 0 Å². The zero-order valence-corrected chi connectivity index (χ0v) is 19.2. The van der Waals surface area contributed by atoms with E-state index in [-0.39, 0.29) is 16.8 Å². The molecule has 0 bridgehead atoms. The smallest absolute Gasteiger partial charge is 0.270 e. The summed E-state index contributed by atoms with van der Waals surface area (Å²) in [5.74, 6) is 1.39. The Morgan fingerprint density at radius 3 is 2.74 bits per heavy atom. The molecule has 2 fully saturated rings. The Morgan fingerprint density at radius 1 is 1.12 bits per heavy atom. The maximum Gasteiger partial charge on any atom is 0.270 e. The van der Waals surface area contributed by atoms with Gasteiger partial charge in [0, 0.05) is 42.9 Å². The van der Waals surface area contributed by atoms with Gasteiger partial charge in [0.1, 0.15) is 5.69 Å². The van der Waals surface area contributed by atoms with Crippen molar-refractivity contribution < 1.29 is 9.66 Å². The number of nitrogens with zero attached hydrogens (tertiary/aromatic N) is 5. The molecule has 0 amide bonds. The van der Waals surface area contributed by atoms with Crippen LogP contribution in [0.5, 0.6) is 0 Å². The number of piperidine rings is 1. The topological polar surface area (TPSA) is 102 Å². The number of aromatic nitrogens is 4. The van der Waals surface area contributed by atoms with Gasteiger partial charge in [-0.2, -0.15) is 5.10 Å². The number of rotatable bonds is 4. The lowest BCUT2D eigenvalue weighted by atomic mass is 9.99. The number of fused-ring (bicyclic) bond motifs is 2. The van der Waals surface area contributed by atoms with Crippen molar-refractivity contribution in [3.05, 3.63) is 46.5 Å². The molecule has 0 saturated carbocycles. The van der Waals surface area contributed by atoms with Crippen molar-refractivity contribution in [2.75, 3.05) is 24.6 Å². The van der Waals surface area contributed by atoms with Crippen molar-refractivity contribution in [3.8, 4) is 11.5 Å². The summed E-state index contributed by atoms with van der Waals surface area (Å²) in [6.45, 7) is 5.13. The zero-order valence-electron chi connectivity index (χ0n) is 19.2. The fourth-order valence-electron chi connectivity index (χ4n) is 5.13. The van der Waals surface area contributed by atoms with Crippen LogP contribution in [0.1, 0.15) is 45.3 Å². The molecule has 2 aliphatic rings. The predicted molar refractivity (Wildman–Crippen MR) is 131 cm³/mol. The molecule has 9 nitrogen and oxygen atoms in total. The van der Waals surface area contributed by atoms with E-state index in [9.17, 15) is 10.1 Å². The molecule has 0 radical (unpaired) electrons. The van der Waals surface area contributed by atoms with Gasteiger partial charge in [0.25, 0.3) is 5.69 Å². The quantitative estimate of drug-likeness (QED) is 0.322. The van der Waals surface area contributed by atoms with E-state index < -0.39 is 0 Å². The first-order valence-corrected chi connectivity index (χ1v) is 12.1. The molecule has 4 heterocycles. The monoisotopic (exact) mass is 460 g/mol. The van der Waals surface area contributed by atoms with E-state index >= 15 is 0 Å². The van der Waals surface area contributed by atoms with E-state index in [0.717, 1.165) is 54.8 Å². The second kappa shape index (κ2) is 8.39. The highest BCUT2D eigenvalue weighted by Crippen LogP contribution is 2.35. The molecule has 4 aromatic rings. The Morgan fingerprint density at radius 2 is 1.97 bits per heavy atom. The second-order valence-electron chi connectivity index (χ2n) is 9.53.